The number of nitrogens with zero attached hydrogens (tertiary/aromatic N) is 1. The van der Waals surface area contributed by atoms with E-state index < -0.39 is 0 Å². The fraction of sp³-hybridized carbons (Fsp3) is 1.00. The van der Waals surface area contributed by atoms with Crippen molar-refractivity contribution < 1.29 is 5.11 Å². The lowest BCUT2D eigenvalue weighted by molar-refractivity contribution is 0.0286. The van der Waals surface area contributed by atoms with E-state index in [2.05, 4.69) is 18.7 Å². The van der Waals surface area contributed by atoms with Crippen molar-refractivity contribution in [1.29, 1.82) is 0 Å². The van der Waals surface area contributed by atoms with Gasteiger partial charge in [0, 0.05) is 12.6 Å². The number of hydrogen-bond donors (Lipinski definition) is 1. The number of β-amino-alcohol motifs (C(OH)–C–C–N with tert-alkyl or cyclic N) is 1. The largest absolute Gasteiger partial charge is 0.392 e. The Labute approximate surface area is 100 Å². The smallest absolute Gasteiger partial charge is 0.0667 e. The van der Waals surface area contributed by atoms with Crippen LogP contribution in [0.2, 0.25) is 0 Å². The first kappa shape index (κ1) is 12.4. The summed E-state index contributed by atoms with van der Waals surface area (Å²) in [6.45, 7) is 6.86. The summed E-state index contributed by atoms with van der Waals surface area (Å²) in [7, 11) is 0. The minimum absolute atomic E-state index is 0.0587. The van der Waals surface area contributed by atoms with Crippen LogP contribution in [0.4, 0.5) is 0 Å². The fourth-order valence-electron chi connectivity index (χ4n) is 3.45. The molecule has 1 saturated carbocycles. The summed E-state index contributed by atoms with van der Waals surface area (Å²) in [5, 5.41) is 9.71. The van der Waals surface area contributed by atoms with E-state index >= 15 is 0 Å². The summed E-state index contributed by atoms with van der Waals surface area (Å²) in [6.07, 6.45) is 7.65. The van der Waals surface area contributed by atoms with Gasteiger partial charge >= 0.3 is 0 Å². The molecule has 1 aliphatic heterocycles. The number of rotatable bonds is 2. The van der Waals surface area contributed by atoms with E-state index in [1.54, 1.807) is 0 Å². The highest BCUT2D eigenvalue weighted by Crippen LogP contribution is 2.33. The summed E-state index contributed by atoms with van der Waals surface area (Å²) in [5.74, 6) is 1.80. The minimum Gasteiger partial charge on any atom is -0.392 e. The van der Waals surface area contributed by atoms with Crippen molar-refractivity contribution in [3.05, 3.63) is 0 Å². The van der Waals surface area contributed by atoms with Gasteiger partial charge in [-0.1, -0.05) is 13.8 Å². The van der Waals surface area contributed by atoms with Gasteiger partial charge in [-0.15, -0.1) is 0 Å². The van der Waals surface area contributed by atoms with E-state index in [4.69, 9.17) is 0 Å². The van der Waals surface area contributed by atoms with Crippen molar-refractivity contribution in [3.8, 4) is 0 Å². The van der Waals surface area contributed by atoms with Crippen molar-refractivity contribution in [3.63, 3.8) is 0 Å². The first-order valence-corrected chi connectivity index (χ1v) is 7.09. The van der Waals surface area contributed by atoms with Crippen LogP contribution in [0.1, 0.15) is 52.4 Å². The molecule has 16 heavy (non-hydrogen) atoms. The normalized spacial score (nSPS) is 37.9. The molecule has 0 unspecified atom stereocenters. The molecule has 1 heterocycles. The standard InChI is InChI=1S/C14H27NO/c1-11(2)12-5-7-13(8-6-12)15-9-3-4-14(16)10-15/h11-14,16H,3-10H2,1-2H3/t12?,13?,14-/m1/s1. The van der Waals surface area contributed by atoms with Crippen LogP contribution in [0.5, 0.6) is 0 Å². The zero-order valence-corrected chi connectivity index (χ0v) is 10.9. The highest BCUT2D eigenvalue weighted by Gasteiger charge is 2.29. The fourth-order valence-corrected chi connectivity index (χ4v) is 3.45. The molecule has 0 spiro atoms. The van der Waals surface area contributed by atoms with Crippen molar-refractivity contribution in [2.75, 3.05) is 13.1 Å². The van der Waals surface area contributed by atoms with Gasteiger partial charge in [0.1, 0.15) is 0 Å². The van der Waals surface area contributed by atoms with Gasteiger partial charge in [-0.3, -0.25) is 4.90 Å². The van der Waals surface area contributed by atoms with Gasteiger partial charge in [0.05, 0.1) is 6.10 Å². The van der Waals surface area contributed by atoms with Crippen molar-refractivity contribution >= 4 is 0 Å². The van der Waals surface area contributed by atoms with Crippen LogP contribution in [0.3, 0.4) is 0 Å². The second kappa shape index (κ2) is 5.50. The molecule has 94 valence electrons. The van der Waals surface area contributed by atoms with Crippen molar-refractivity contribution in [2.45, 2.75) is 64.5 Å². The quantitative estimate of drug-likeness (QED) is 0.781. The van der Waals surface area contributed by atoms with Crippen LogP contribution in [-0.2, 0) is 0 Å². The molecule has 1 aliphatic carbocycles. The summed E-state index contributed by atoms with van der Waals surface area (Å²) in [4.78, 5) is 2.55. The lowest BCUT2D eigenvalue weighted by Gasteiger charge is -2.41. The van der Waals surface area contributed by atoms with Gasteiger partial charge in [0.2, 0.25) is 0 Å². The highest BCUT2D eigenvalue weighted by molar-refractivity contribution is 4.84. The third-order valence-electron chi connectivity index (χ3n) is 4.63. The Balaban J connectivity index is 1.79. The minimum atomic E-state index is -0.0587. The van der Waals surface area contributed by atoms with Crippen LogP contribution in [0.15, 0.2) is 0 Å². The van der Waals surface area contributed by atoms with E-state index in [0.29, 0.717) is 0 Å². The molecule has 2 aliphatic rings. The van der Waals surface area contributed by atoms with Gasteiger partial charge < -0.3 is 5.11 Å². The molecule has 2 rings (SSSR count). The molecule has 0 aromatic carbocycles. The predicted octanol–water partition coefficient (Wildman–Crippen LogP) is 2.66. The Kier molecular flexibility index (Phi) is 4.26. The van der Waals surface area contributed by atoms with E-state index in [0.717, 1.165) is 30.8 Å². The number of aliphatic hydroxyl groups is 1. The Morgan fingerprint density at radius 1 is 1.06 bits per heavy atom. The summed E-state index contributed by atoms with van der Waals surface area (Å²) in [5.41, 5.74) is 0. The van der Waals surface area contributed by atoms with Crippen LogP contribution in [0, 0.1) is 11.8 Å². The second-order valence-electron chi connectivity index (χ2n) is 6.10. The molecule has 1 atom stereocenters. The Morgan fingerprint density at radius 2 is 1.75 bits per heavy atom. The zero-order chi connectivity index (χ0) is 11.5. The molecule has 0 radical (unpaired) electrons. The molecule has 0 aromatic heterocycles. The monoisotopic (exact) mass is 225 g/mol. The zero-order valence-electron chi connectivity index (χ0n) is 10.9. The third kappa shape index (κ3) is 2.98. The Morgan fingerprint density at radius 3 is 2.31 bits per heavy atom. The van der Waals surface area contributed by atoms with Crippen LogP contribution in [0.25, 0.3) is 0 Å². The lowest BCUT2D eigenvalue weighted by atomic mass is 9.79. The molecule has 1 saturated heterocycles. The summed E-state index contributed by atoms with van der Waals surface area (Å²) in [6, 6.07) is 0.768. The first-order valence-electron chi connectivity index (χ1n) is 7.09. The maximum atomic E-state index is 9.71. The average molecular weight is 225 g/mol. The summed E-state index contributed by atoms with van der Waals surface area (Å²) >= 11 is 0. The Bertz CT molecular complexity index is 209. The SMILES string of the molecule is CC(C)C1CCC(N2CCC[C@@H](O)C2)CC1. The molecule has 2 nitrogen and oxygen atoms in total. The second-order valence-corrected chi connectivity index (χ2v) is 6.10. The van der Waals surface area contributed by atoms with Gasteiger partial charge in [-0.2, -0.15) is 0 Å². The molecule has 0 amide bonds. The Hall–Kier alpha value is -0.0800. The average Bonchev–Trinajstić information content (AvgIpc) is 2.29. The maximum Gasteiger partial charge on any atom is 0.0667 e. The molecule has 1 N–H and O–H groups in total. The third-order valence-corrected chi connectivity index (χ3v) is 4.63. The van der Waals surface area contributed by atoms with Gasteiger partial charge in [0.25, 0.3) is 0 Å². The summed E-state index contributed by atoms with van der Waals surface area (Å²) < 4.78 is 0. The highest BCUT2D eigenvalue weighted by atomic mass is 16.3. The topological polar surface area (TPSA) is 23.5 Å². The van der Waals surface area contributed by atoms with E-state index in [-0.39, 0.29) is 6.10 Å². The van der Waals surface area contributed by atoms with Gasteiger partial charge in [0.15, 0.2) is 0 Å². The van der Waals surface area contributed by atoms with E-state index in [1.165, 1.54) is 38.6 Å². The van der Waals surface area contributed by atoms with Crippen LogP contribution in [-0.4, -0.2) is 35.2 Å². The van der Waals surface area contributed by atoms with E-state index in [9.17, 15) is 5.11 Å². The van der Waals surface area contributed by atoms with Gasteiger partial charge in [-0.25, -0.2) is 0 Å². The number of likely N-dealkylation sites (tertiary alicyclic amines) is 1. The molecule has 0 bridgehead atoms. The molecule has 0 aromatic rings. The molecule has 2 fully saturated rings. The van der Waals surface area contributed by atoms with Crippen molar-refractivity contribution in [2.24, 2.45) is 11.8 Å². The number of piperidine rings is 1. The van der Waals surface area contributed by atoms with Crippen LogP contribution < -0.4 is 0 Å². The van der Waals surface area contributed by atoms with Crippen molar-refractivity contribution in [1.82, 2.24) is 4.90 Å². The van der Waals surface area contributed by atoms with Crippen LogP contribution >= 0.6 is 0 Å². The van der Waals surface area contributed by atoms with Gasteiger partial charge in [-0.05, 0) is 56.9 Å². The maximum absolute atomic E-state index is 9.71. The van der Waals surface area contributed by atoms with E-state index in [1.807, 2.05) is 0 Å². The predicted molar refractivity (Wildman–Crippen MR) is 67.4 cm³/mol. The lowest BCUT2D eigenvalue weighted by Crippen LogP contribution is -2.46. The number of aliphatic hydroxyl groups excluding tert-OH is 1. The molecular weight excluding hydrogens is 198 g/mol. The number of hydrogen-bond acceptors (Lipinski definition) is 2. The first-order chi connectivity index (χ1) is 7.66. The molecular formula is C14H27NO. The molecule has 2 heteroatoms.